The second kappa shape index (κ2) is 6.80. The molecule has 0 radical (unpaired) electrons. The highest BCUT2D eigenvalue weighted by molar-refractivity contribution is 5.77. The number of hydrogen-bond donors (Lipinski definition) is 0. The SMILES string of the molecule is CC(C)=CCC[C@]1(C)CCC(=O)N(Cc2cn3ccccc3n2)C1. The molecule has 1 saturated heterocycles. The zero-order chi connectivity index (χ0) is 17.2. The molecule has 0 bridgehead atoms. The van der Waals surface area contributed by atoms with Crippen molar-refractivity contribution in [3.8, 4) is 0 Å². The number of rotatable bonds is 5. The number of amides is 1. The van der Waals surface area contributed by atoms with Crippen LogP contribution in [0.4, 0.5) is 0 Å². The summed E-state index contributed by atoms with van der Waals surface area (Å²) in [5.41, 5.74) is 3.47. The molecule has 3 heterocycles. The van der Waals surface area contributed by atoms with Gasteiger partial charge in [0.15, 0.2) is 0 Å². The maximum absolute atomic E-state index is 12.4. The highest BCUT2D eigenvalue weighted by Gasteiger charge is 2.34. The molecule has 4 nitrogen and oxygen atoms in total. The summed E-state index contributed by atoms with van der Waals surface area (Å²) < 4.78 is 2.01. The van der Waals surface area contributed by atoms with Crippen molar-refractivity contribution in [1.82, 2.24) is 14.3 Å². The number of piperidine rings is 1. The van der Waals surface area contributed by atoms with Crippen LogP contribution in [0.5, 0.6) is 0 Å². The number of imidazole rings is 1. The van der Waals surface area contributed by atoms with Crippen LogP contribution in [0.25, 0.3) is 5.65 Å². The van der Waals surface area contributed by atoms with E-state index in [2.05, 4.69) is 31.8 Å². The Labute approximate surface area is 144 Å². The molecule has 2 aromatic rings. The standard InChI is InChI=1S/C20H27N3O/c1-16(2)7-6-10-20(3)11-9-19(24)23(15-20)14-17-13-22-12-5-4-8-18(22)21-17/h4-5,7-8,12-13H,6,9-11,14-15H2,1-3H3/t20-/m1/s1. The first kappa shape index (κ1) is 16.7. The summed E-state index contributed by atoms with van der Waals surface area (Å²) in [6.45, 7) is 8.04. The van der Waals surface area contributed by atoms with E-state index in [9.17, 15) is 4.79 Å². The predicted octanol–water partition coefficient (Wildman–Crippen LogP) is 4.21. The summed E-state index contributed by atoms with van der Waals surface area (Å²) in [6.07, 6.45) is 10.2. The van der Waals surface area contributed by atoms with E-state index in [0.29, 0.717) is 13.0 Å². The highest BCUT2D eigenvalue weighted by Crippen LogP contribution is 2.35. The molecule has 0 spiro atoms. The van der Waals surface area contributed by atoms with E-state index in [-0.39, 0.29) is 11.3 Å². The average molecular weight is 325 g/mol. The minimum Gasteiger partial charge on any atom is -0.336 e. The highest BCUT2D eigenvalue weighted by atomic mass is 16.2. The molecule has 24 heavy (non-hydrogen) atoms. The monoisotopic (exact) mass is 325 g/mol. The van der Waals surface area contributed by atoms with E-state index in [1.54, 1.807) is 0 Å². The topological polar surface area (TPSA) is 37.6 Å². The van der Waals surface area contributed by atoms with Gasteiger partial charge >= 0.3 is 0 Å². The third kappa shape index (κ3) is 3.86. The Kier molecular flexibility index (Phi) is 4.74. The van der Waals surface area contributed by atoms with Gasteiger partial charge in [0.1, 0.15) is 5.65 Å². The van der Waals surface area contributed by atoms with Gasteiger partial charge in [0, 0.05) is 25.4 Å². The fourth-order valence-electron chi connectivity index (χ4n) is 3.51. The second-order valence-corrected chi connectivity index (χ2v) is 7.58. The lowest BCUT2D eigenvalue weighted by Crippen LogP contribution is -2.44. The molecule has 1 atom stereocenters. The van der Waals surface area contributed by atoms with Crippen LogP contribution in [0.2, 0.25) is 0 Å². The van der Waals surface area contributed by atoms with E-state index in [1.165, 1.54) is 5.57 Å². The molecule has 0 aromatic carbocycles. The minimum absolute atomic E-state index is 0.207. The summed E-state index contributed by atoms with van der Waals surface area (Å²) in [7, 11) is 0. The second-order valence-electron chi connectivity index (χ2n) is 7.58. The van der Waals surface area contributed by atoms with Crippen molar-refractivity contribution in [2.75, 3.05) is 6.54 Å². The molecule has 2 aromatic heterocycles. The number of fused-ring (bicyclic) bond motifs is 1. The Morgan fingerprint density at radius 1 is 1.38 bits per heavy atom. The zero-order valence-electron chi connectivity index (χ0n) is 15.0. The first-order chi connectivity index (χ1) is 11.5. The number of likely N-dealkylation sites (tertiary alicyclic amines) is 1. The van der Waals surface area contributed by atoms with E-state index in [0.717, 1.165) is 37.1 Å². The van der Waals surface area contributed by atoms with Crippen LogP contribution < -0.4 is 0 Å². The Morgan fingerprint density at radius 3 is 2.96 bits per heavy atom. The van der Waals surface area contributed by atoms with Crippen molar-refractivity contribution < 1.29 is 4.79 Å². The van der Waals surface area contributed by atoms with E-state index < -0.39 is 0 Å². The number of allylic oxidation sites excluding steroid dienone is 2. The third-order valence-electron chi connectivity index (χ3n) is 4.93. The molecule has 128 valence electrons. The normalized spacial score (nSPS) is 21.3. The number of pyridine rings is 1. The summed E-state index contributed by atoms with van der Waals surface area (Å²) in [5, 5.41) is 0. The molecule has 0 N–H and O–H groups in total. The van der Waals surface area contributed by atoms with Gasteiger partial charge in [0.25, 0.3) is 0 Å². The maximum atomic E-state index is 12.4. The summed E-state index contributed by atoms with van der Waals surface area (Å²) >= 11 is 0. The van der Waals surface area contributed by atoms with E-state index in [1.807, 2.05) is 39.9 Å². The van der Waals surface area contributed by atoms with Crippen LogP contribution in [0.3, 0.4) is 0 Å². The first-order valence-corrected chi connectivity index (χ1v) is 8.79. The van der Waals surface area contributed by atoms with Crippen LogP contribution in [-0.4, -0.2) is 26.7 Å². The summed E-state index contributed by atoms with van der Waals surface area (Å²) in [4.78, 5) is 19.0. The van der Waals surface area contributed by atoms with Crippen molar-refractivity contribution >= 4 is 11.6 Å². The molecule has 1 aliphatic rings. The molecular weight excluding hydrogens is 298 g/mol. The molecular formula is C20H27N3O. The van der Waals surface area contributed by atoms with E-state index in [4.69, 9.17) is 0 Å². The van der Waals surface area contributed by atoms with Gasteiger partial charge in [0.05, 0.1) is 12.2 Å². The summed E-state index contributed by atoms with van der Waals surface area (Å²) in [6, 6.07) is 5.97. The van der Waals surface area contributed by atoms with Crippen LogP contribution in [0.1, 0.15) is 52.1 Å². The van der Waals surface area contributed by atoms with Gasteiger partial charge in [-0.25, -0.2) is 4.98 Å². The van der Waals surface area contributed by atoms with Crippen molar-refractivity contribution in [2.45, 2.75) is 53.0 Å². The van der Waals surface area contributed by atoms with Crippen LogP contribution in [0.15, 0.2) is 42.2 Å². The number of carbonyl (C=O) groups excluding carboxylic acids is 1. The van der Waals surface area contributed by atoms with Crippen molar-refractivity contribution in [1.29, 1.82) is 0 Å². The van der Waals surface area contributed by atoms with Crippen LogP contribution in [-0.2, 0) is 11.3 Å². The largest absolute Gasteiger partial charge is 0.336 e. The predicted molar refractivity (Wildman–Crippen MR) is 96.6 cm³/mol. The van der Waals surface area contributed by atoms with Gasteiger partial charge in [-0.3, -0.25) is 4.79 Å². The van der Waals surface area contributed by atoms with Gasteiger partial charge < -0.3 is 9.30 Å². The van der Waals surface area contributed by atoms with Gasteiger partial charge in [-0.15, -0.1) is 0 Å². The maximum Gasteiger partial charge on any atom is 0.222 e. The molecule has 1 fully saturated rings. The number of nitrogens with zero attached hydrogens (tertiary/aromatic N) is 3. The molecule has 0 saturated carbocycles. The lowest BCUT2D eigenvalue weighted by atomic mass is 9.77. The lowest BCUT2D eigenvalue weighted by molar-refractivity contribution is -0.138. The van der Waals surface area contributed by atoms with E-state index >= 15 is 0 Å². The number of hydrogen-bond acceptors (Lipinski definition) is 2. The van der Waals surface area contributed by atoms with Gasteiger partial charge in [-0.2, -0.15) is 0 Å². The summed E-state index contributed by atoms with van der Waals surface area (Å²) in [5.74, 6) is 0.256. The number of carbonyl (C=O) groups is 1. The zero-order valence-corrected chi connectivity index (χ0v) is 15.0. The first-order valence-electron chi connectivity index (χ1n) is 8.79. The molecule has 1 amide bonds. The Bertz CT molecular complexity index is 724. The smallest absolute Gasteiger partial charge is 0.222 e. The van der Waals surface area contributed by atoms with Crippen molar-refractivity contribution in [2.24, 2.45) is 5.41 Å². The van der Waals surface area contributed by atoms with Gasteiger partial charge in [-0.1, -0.05) is 24.6 Å². The van der Waals surface area contributed by atoms with Crippen LogP contribution >= 0.6 is 0 Å². The molecule has 1 aliphatic heterocycles. The molecule has 3 rings (SSSR count). The van der Waals surface area contributed by atoms with Crippen molar-refractivity contribution in [3.63, 3.8) is 0 Å². The lowest BCUT2D eigenvalue weighted by Gasteiger charge is -2.40. The van der Waals surface area contributed by atoms with Gasteiger partial charge in [-0.05, 0) is 50.7 Å². The quantitative estimate of drug-likeness (QED) is 0.772. The molecule has 0 unspecified atom stereocenters. The Balaban J connectivity index is 1.69. The Hall–Kier alpha value is -2.10. The minimum atomic E-state index is 0.207. The number of aromatic nitrogens is 2. The third-order valence-corrected chi connectivity index (χ3v) is 4.93. The van der Waals surface area contributed by atoms with Crippen molar-refractivity contribution in [3.05, 3.63) is 47.9 Å². The fraction of sp³-hybridized carbons (Fsp3) is 0.500. The molecule has 4 heteroatoms. The van der Waals surface area contributed by atoms with Gasteiger partial charge in [0.2, 0.25) is 5.91 Å². The average Bonchev–Trinajstić information content (AvgIpc) is 2.93. The Morgan fingerprint density at radius 2 is 2.21 bits per heavy atom. The fourth-order valence-corrected chi connectivity index (χ4v) is 3.51. The van der Waals surface area contributed by atoms with Crippen LogP contribution in [0, 0.1) is 5.41 Å². The molecule has 0 aliphatic carbocycles.